The molecule has 0 spiro atoms. The number of hydrogen-bond donors (Lipinski definition) is 0. The van der Waals surface area contributed by atoms with Crippen molar-refractivity contribution >= 4 is 29.6 Å². The maximum Gasteiger partial charge on any atom is 0 e. The molecule has 1 heteroatoms. The van der Waals surface area contributed by atoms with Crippen molar-refractivity contribution in [1.29, 1.82) is 0 Å². The fraction of sp³-hybridized carbons (Fsp3) is 1.00. The SMILES string of the molecule is CCC1CCCCC1.[Na]. The van der Waals surface area contributed by atoms with Crippen LogP contribution in [0.5, 0.6) is 0 Å². The van der Waals surface area contributed by atoms with Gasteiger partial charge in [0.1, 0.15) is 0 Å². The zero-order valence-electron chi connectivity index (χ0n) is 6.82. The summed E-state index contributed by atoms with van der Waals surface area (Å²) in [5.41, 5.74) is 0. The van der Waals surface area contributed by atoms with Gasteiger partial charge in [0.25, 0.3) is 0 Å². The van der Waals surface area contributed by atoms with E-state index in [4.69, 9.17) is 0 Å². The molecule has 0 aliphatic heterocycles. The van der Waals surface area contributed by atoms with Gasteiger partial charge in [-0.1, -0.05) is 45.4 Å². The van der Waals surface area contributed by atoms with E-state index in [0.29, 0.717) is 0 Å². The summed E-state index contributed by atoms with van der Waals surface area (Å²) < 4.78 is 0. The molecule has 0 aromatic carbocycles. The molecule has 0 aromatic heterocycles. The molecule has 0 aromatic rings. The molecule has 0 N–H and O–H groups in total. The van der Waals surface area contributed by atoms with E-state index in [1.54, 1.807) is 0 Å². The van der Waals surface area contributed by atoms with Crippen molar-refractivity contribution in [2.45, 2.75) is 45.4 Å². The predicted octanol–water partition coefficient (Wildman–Crippen LogP) is 2.60. The molecule has 0 saturated heterocycles. The first kappa shape index (κ1) is 10.0. The van der Waals surface area contributed by atoms with Crippen LogP contribution in [0.15, 0.2) is 0 Å². The summed E-state index contributed by atoms with van der Waals surface area (Å²) in [6.07, 6.45) is 8.93. The van der Waals surface area contributed by atoms with Crippen LogP contribution in [0.1, 0.15) is 45.4 Å². The Balaban J connectivity index is 0.000000640. The van der Waals surface area contributed by atoms with Crippen molar-refractivity contribution in [3.63, 3.8) is 0 Å². The van der Waals surface area contributed by atoms with Gasteiger partial charge in [-0.2, -0.15) is 0 Å². The van der Waals surface area contributed by atoms with Gasteiger partial charge >= 0.3 is 0 Å². The van der Waals surface area contributed by atoms with Gasteiger partial charge in [-0.25, -0.2) is 0 Å². The quantitative estimate of drug-likeness (QED) is 0.485. The Bertz CT molecular complexity index is 55.6. The molecule has 1 aliphatic carbocycles. The average Bonchev–Trinajstić information content (AvgIpc) is 1.90. The normalized spacial score (nSPS) is 21.0. The van der Waals surface area contributed by atoms with Crippen LogP contribution in [0.3, 0.4) is 0 Å². The van der Waals surface area contributed by atoms with Gasteiger partial charge < -0.3 is 0 Å². The molecule has 0 amide bonds. The Hall–Kier alpha value is 1.00. The van der Waals surface area contributed by atoms with E-state index in [0.717, 1.165) is 5.92 Å². The molecule has 49 valence electrons. The Kier molecular flexibility index (Phi) is 6.40. The van der Waals surface area contributed by atoms with Crippen molar-refractivity contribution in [3.8, 4) is 0 Å². The standard InChI is InChI=1S/C8H16.Na/c1-2-8-6-4-3-5-7-8;/h8H,2-7H2,1H3;. The van der Waals surface area contributed by atoms with Gasteiger partial charge in [-0.05, 0) is 5.92 Å². The summed E-state index contributed by atoms with van der Waals surface area (Å²) in [6, 6.07) is 0. The van der Waals surface area contributed by atoms with E-state index in [1.807, 2.05) is 0 Å². The van der Waals surface area contributed by atoms with Gasteiger partial charge in [-0.15, -0.1) is 0 Å². The largest absolute Gasteiger partial charge is 0.0651 e. The molecule has 1 rings (SSSR count). The van der Waals surface area contributed by atoms with Crippen LogP contribution in [0.2, 0.25) is 0 Å². The topological polar surface area (TPSA) is 0 Å². The molecule has 1 aliphatic rings. The monoisotopic (exact) mass is 135 g/mol. The van der Waals surface area contributed by atoms with Crippen LogP contribution < -0.4 is 0 Å². The third kappa shape index (κ3) is 3.64. The van der Waals surface area contributed by atoms with Crippen LogP contribution in [-0.2, 0) is 0 Å². The molecule has 0 nitrogen and oxygen atoms in total. The van der Waals surface area contributed by atoms with Crippen molar-refractivity contribution in [2.24, 2.45) is 5.92 Å². The van der Waals surface area contributed by atoms with Crippen molar-refractivity contribution in [1.82, 2.24) is 0 Å². The maximum absolute atomic E-state index is 2.32. The van der Waals surface area contributed by atoms with E-state index in [1.165, 1.54) is 38.5 Å². The van der Waals surface area contributed by atoms with Gasteiger partial charge in [0.05, 0.1) is 0 Å². The number of rotatable bonds is 1. The van der Waals surface area contributed by atoms with E-state index in [2.05, 4.69) is 6.92 Å². The smallest absolute Gasteiger partial charge is 0 e. The summed E-state index contributed by atoms with van der Waals surface area (Å²) >= 11 is 0. The predicted molar refractivity (Wildman–Crippen MR) is 42.6 cm³/mol. The van der Waals surface area contributed by atoms with Crippen LogP contribution in [0.25, 0.3) is 0 Å². The molecular weight excluding hydrogens is 119 g/mol. The zero-order chi connectivity index (χ0) is 5.82. The second-order valence-electron chi connectivity index (χ2n) is 2.91. The molecule has 9 heavy (non-hydrogen) atoms. The minimum Gasteiger partial charge on any atom is -0.0651 e. The molecule has 0 bridgehead atoms. The number of hydrogen-bond acceptors (Lipinski definition) is 0. The third-order valence-electron chi connectivity index (χ3n) is 2.30. The molecular formula is C8H16Na. The minimum absolute atomic E-state index is 0. The van der Waals surface area contributed by atoms with E-state index in [9.17, 15) is 0 Å². The van der Waals surface area contributed by atoms with Gasteiger partial charge in [0.2, 0.25) is 0 Å². The Morgan fingerprint density at radius 3 is 2.00 bits per heavy atom. The van der Waals surface area contributed by atoms with E-state index >= 15 is 0 Å². The van der Waals surface area contributed by atoms with Crippen LogP contribution in [0, 0.1) is 5.92 Å². The van der Waals surface area contributed by atoms with E-state index < -0.39 is 0 Å². The van der Waals surface area contributed by atoms with Crippen molar-refractivity contribution in [2.75, 3.05) is 0 Å². The van der Waals surface area contributed by atoms with Gasteiger partial charge in [0.15, 0.2) is 0 Å². The van der Waals surface area contributed by atoms with Crippen molar-refractivity contribution < 1.29 is 0 Å². The third-order valence-corrected chi connectivity index (χ3v) is 2.30. The zero-order valence-corrected chi connectivity index (χ0v) is 8.82. The van der Waals surface area contributed by atoms with Crippen molar-refractivity contribution in [3.05, 3.63) is 0 Å². The average molecular weight is 135 g/mol. The maximum atomic E-state index is 2.32. The fourth-order valence-corrected chi connectivity index (χ4v) is 1.60. The molecule has 0 heterocycles. The second kappa shape index (κ2) is 5.76. The molecule has 0 atom stereocenters. The second-order valence-corrected chi connectivity index (χ2v) is 2.91. The first-order chi connectivity index (χ1) is 3.93. The Morgan fingerprint density at radius 1 is 1.11 bits per heavy atom. The first-order valence-electron chi connectivity index (χ1n) is 3.93. The summed E-state index contributed by atoms with van der Waals surface area (Å²) in [5.74, 6) is 1.09. The van der Waals surface area contributed by atoms with E-state index in [-0.39, 0.29) is 29.6 Å². The summed E-state index contributed by atoms with van der Waals surface area (Å²) in [7, 11) is 0. The molecule has 1 radical (unpaired) electrons. The van der Waals surface area contributed by atoms with Gasteiger partial charge in [-0.3, -0.25) is 0 Å². The molecule has 0 unspecified atom stereocenters. The summed E-state index contributed by atoms with van der Waals surface area (Å²) in [6.45, 7) is 2.32. The Labute approximate surface area is 80.7 Å². The summed E-state index contributed by atoms with van der Waals surface area (Å²) in [4.78, 5) is 0. The molecule has 1 saturated carbocycles. The van der Waals surface area contributed by atoms with Crippen LogP contribution in [-0.4, -0.2) is 29.6 Å². The minimum atomic E-state index is 0. The first-order valence-corrected chi connectivity index (χ1v) is 3.93. The summed E-state index contributed by atoms with van der Waals surface area (Å²) in [5, 5.41) is 0. The fourth-order valence-electron chi connectivity index (χ4n) is 1.60. The van der Waals surface area contributed by atoms with Crippen LogP contribution in [0.4, 0.5) is 0 Å². The molecule has 1 fully saturated rings. The van der Waals surface area contributed by atoms with Crippen LogP contribution >= 0.6 is 0 Å². The Morgan fingerprint density at radius 2 is 1.67 bits per heavy atom. The van der Waals surface area contributed by atoms with Gasteiger partial charge in [0, 0.05) is 29.6 Å².